The molecule has 0 spiro atoms. The van der Waals surface area contributed by atoms with Crippen molar-refractivity contribution in [3.8, 4) is 5.75 Å². The van der Waals surface area contributed by atoms with Gasteiger partial charge in [0.25, 0.3) is 0 Å². The summed E-state index contributed by atoms with van der Waals surface area (Å²) < 4.78 is 5.61. The second kappa shape index (κ2) is 7.64. The SMILES string of the molecule is CC1CN(C)CCCN1CC(O)COc1cccc(N)c1. The summed E-state index contributed by atoms with van der Waals surface area (Å²) in [4.78, 5) is 4.69. The Labute approximate surface area is 127 Å². The Hall–Kier alpha value is -1.30. The Balaban J connectivity index is 1.79. The predicted octanol–water partition coefficient (Wildman–Crippen LogP) is 1.03. The van der Waals surface area contributed by atoms with Crippen molar-refractivity contribution in [3.63, 3.8) is 0 Å². The van der Waals surface area contributed by atoms with Crippen LogP contribution in [0.3, 0.4) is 0 Å². The second-order valence-electron chi connectivity index (χ2n) is 6.00. The molecular weight excluding hydrogens is 266 g/mol. The lowest BCUT2D eigenvalue weighted by Crippen LogP contribution is -2.43. The summed E-state index contributed by atoms with van der Waals surface area (Å²) in [5, 5.41) is 10.2. The van der Waals surface area contributed by atoms with Gasteiger partial charge in [0, 0.05) is 30.9 Å². The topological polar surface area (TPSA) is 62.0 Å². The molecule has 0 radical (unpaired) electrons. The molecule has 118 valence electrons. The van der Waals surface area contributed by atoms with Gasteiger partial charge in [-0.2, -0.15) is 0 Å². The van der Waals surface area contributed by atoms with E-state index in [0.29, 0.717) is 30.6 Å². The molecule has 1 aromatic rings. The van der Waals surface area contributed by atoms with E-state index in [1.54, 1.807) is 6.07 Å². The van der Waals surface area contributed by atoms with Gasteiger partial charge in [-0.3, -0.25) is 4.90 Å². The van der Waals surface area contributed by atoms with E-state index in [4.69, 9.17) is 10.5 Å². The van der Waals surface area contributed by atoms with Crippen LogP contribution in [0, 0.1) is 0 Å². The summed E-state index contributed by atoms with van der Waals surface area (Å²) in [5.74, 6) is 0.706. The highest BCUT2D eigenvalue weighted by molar-refractivity contribution is 5.43. The van der Waals surface area contributed by atoms with Crippen molar-refractivity contribution < 1.29 is 9.84 Å². The molecule has 0 bridgehead atoms. The van der Waals surface area contributed by atoms with Crippen LogP contribution in [-0.2, 0) is 0 Å². The molecule has 21 heavy (non-hydrogen) atoms. The molecule has 0 amide bonds. The quantitative estimate of drug-likeness (QED) is 0.794. The zero-order valence-corrected chi connectivity index (χ0v) is 13.0. The number of likely N-dealkylation sites (N-methyl/N-ethyl adjacent to an activating group) is 1. The summed E-state index contributed by atoms with van der Waals surface area (Å²) in [7, 11) is 2.15. The highest BCUT2D eigenvalue weighted by Gasteiger charge is 2.21. The van der Waals surface area contributed by atoms with E-state index in [9.17, 15) is 5.11 Å². The maximum Gasteiger partial charge on any atom is 0.121 e. The molecule has 1 fully saturated rings. The van der Waals surface area contributed by atoms with Crippen molar-refractivity contribution in [2.75, 3.05) is 45.6 Å². The van der Waals surface area contributed by atoms with Gasteiger partial charge in [-0.15, -0.1) is 0 Å². The molecule has 1 heterocycles. The van der Waals surface area contributed by atoms with Gasteiger partial charge in [-0.05, 0) is 45.6 Å². The van der Waals surface area contributed by atoms with Gasteiger partial charge >= 0.3 is 0 Å². The third-order valence-electron chi connectivity index (χ3n) is 3.93. The maximum absolute atomic E-state index is 10.2. The van der Waals surface area contributed by atoms with Crippen molar-refractivity contribution in [2.45, 2.75) is 25.5 Å². The fraction of sp³-hybridized carbons (Fsp3) is 0.625. The summed E-state index contributed by atoms with van der Waals surface area (Å²) in [5.41, 5.74) is 6.38. The van der Waals surface area contributed by atoms with E-state index in [1.165, 1.54) is 0 Å². The Kier molecular flexibility index (Phi) is 5.85. The smallest absolute Gasteiger partial charge is 0.121 e. The van der Waals surface area contributed by atoms with Crippen molar-refractivity contribution in [3.05, 3.63) is 24.3 Å². The third-order valence-corrected chi connectivity index (χ3v) is 3.93. The Morgan fingerprint density at radius 3 is 3.00 bits per heavy atom. The van der Waals surface area contributed by atoms with Crippen LogP contribution in [0.2, 0.25) is 0 Å². The number of nitrogen functional groups attached to an aromatic ring is 1. The standard InChI is InChI=1S/C16H27N3O2/c1-13-10-18(2)7-4-8-19(13)11-15(20)12-21-16-6-3-5-14(17)9-16/h3,5-6,9,13,15,20H,4,7-8,10-12,17H2,1-2H3. The fourth-order valence-corrected chi connectivity index (χ4v) is 2.81. The number of nitrogens with zero attached hydrogens (tertiary/aromatic N) is 2. The molecule has 0 aromatic heterocycles. The summed E-state index contributed by atoms with van der Waals surface area (Å²) >= 11 is 0. The molecule has 0 aliphatic carbocycles. The summed E-state index contributed by atoms with van der Waals surface area (Å²) in [6.07, 6.45) is 0.654. The number of ether oxygens (including phenoxy) is 1. The van der Waals surface area contributed by atoms with Crippen LogP contribution in [0.4, 0.5) is 5.69 Å². The number of aliphatic hydroxyl groups excluding tert-OH is 1. The molecule has 1 aliphatic rings. The molecule has 5 heteroatoms. The molecular formula is C16H27N3O2. The molecule has 1 aromatic carbocycles. The first-order chi connectivity index (χ1) is 10.0. The number of nitrogens with two attached hydrogens (primary N) is 1. The lowest BCUT2D eigenvalue weighted by atomic mass is 10.2. The Bertz CT molecular complexity index is 441. The fourth-order valence-electron chi connectivity index (χ4n) is 2.81. The van der Waals surface area contributed by atoms with Gasteiger partial charge in [-0.1, -0.05) is 6.07 Å². The number of aliphatic hydroxyl groups is 1. The molecule has 2 unspecified atom stereocenters. The highest BCUT2D eigenvalue weighted by Crippen LogP contribution is 2.15. The van der Waals surface area contributed by atoms with E-state index in [-0.39, 0.29) is 0 Å². The van der Waals surface area contributed by atoms with Crippen LogP contribution in [0.25, 0.3) is 0 Å². The van der Waals surface area contributed by atoms with Crippen molar-refractivity contribution >= 4 is 5.69 Å². The third kappa shape index (κ3) is 5.19. The van der Waals surface area contributed by atoms with Gasteiger partial charge in [0.1, 0.15) is 18.5 Å². The van der Waals surface area contributed by atoms with Crippen LogP contribution in [-0.4, -0.2) is 66.9 Å². The zero-order valence-electron chi connectivity index (χ0n) is 13.0. The van der Waals surface area contributed by atoms with Crippen molar-refractivity contribution in [1.82, 2.24) is 9.80 Å². The van der Waals surface area contributed by atoms with Crippen LogP contribution in [0.5, 0.6) is 5.75 Å². The van der Waals surface area contributed by atoms with Gasteiger partial charge in [-0.25, -0.2) is 0 Å². The molecule has 2 rings (SSSR count). The second-order valence-corrected chi connectivity index (χ2v) is 6.00. The highest BCUT2D eigenvalue weighted by atomic mass is 16.5. The van der Waals surface area contributed by atoms with Crippen LogP contribution in [0.1, 0.15) is 13.3 Å². The minimum absolute atomic E-state index is 0.294. The van der Waals surface area contributed by atoms with E-state index >= 15 is 0 Å². The number of rotatable bonds is 5. The molecule has 5 nitrogen and oxygen atoms in total. The number of hydrogen-bond acceptors (Lipinski definition) is 5. The van der Waals surface area contributed by atoms with Gasteiger partial charge in [0.05, 0.1) is 0 Å². The van der Waals surface area contributed by atoms with Crippen LogP contribution >= 0.6 is 0 Å². The van der Waals surface area contributed by atoms with Gasteiger partial charge < -0.3 is 20.5 Å². The molecule has 3 N–H and O–H groups in total. The molecule has 1 aliphatic heterocycles. The zero-order chi connectivity index (χ0) is 15.2. The van der Waals surface area contributed by atoms with E-state index in [2.05, 4.69) is 23.8 Å². The first-order valence-electron chi connectivity index (χ1n) is 7.63. The first-order valence-corrected chi connectivity index (χ1v) is 7.63. The van der Waals surface area contributed by atoms with Crippen molar-refractivity contribution in [1.29, 1.82) is 0 Å². The Morgan fingerprint density at radius 2 is 2.24 bits per heavy atom. The van der Waals surface area contributed by atoms with Crippen LogP contribution < -0.4 is 10.5 Å². The summed E-state index contributed by atoms with van der Waals surface area (Å²) in [6, 6.07) is 7.75. The number of benzene rings is 1. The lowest BCUT2D eigenvalue weighted by Gasteiger charge is -2.29. The lowest BCUT2D eigenvalue weighted by molar-refractivity contribution is 0.0558. The van der Waals surface area contributed by atoms with Gasteiger partial charge in [0.15, 0.2) is 0 Å². The molecule has 1 saturated heterocycles. The minimum atomic E-state index is -0.489. The Morgan fingerprint density at radius 1 is 1.43 bits per heavy atom. The van der Waals surface area contributed by atoms with E-state index < -0.39 is 6.10 Å². The normalized spacial score (nSPS) is 22.7. The molecule has 0 saturated carbocycles. The minimum Gasteiger partial charge on any atom is -0.491 e. The van der Waals surface area contributed by atoms with Gasteiger partial charge in [0.2, 0.25) is 0 Å². The van der Waals surface area contributed by atoms with E-state index in [0.717, 1.165) is 26.1 Å². The average molecular weight is 293 g/mol. The summed E-state index contributed by atoms with van der Waals surface area (Å²) in [6.45, 7) is 6.35. The largest absolute Gasteiger partial charge is 0.491 e. The number of anilines is 1. The number of hydrogen-bond donors (Lipinski definition) is 2. The monoisotopic (exact) mass is 293 g/mol. The number of β-amino-alcohol motifs (C(OH)–C–C–N with tert-alkyl or cyclic N) is 1. The van der Waals surface area contributed by atoms with Crippen LogP contribution in [0.15, 0.2) is 24.3 Å². The maximum atomic E-state index is 10.2. The predicted molar refractivity (Wildman–Crippen MR) is 85.5 cm³/mol. The van der Waals surface area contributed by atoms with Crippen molar-refractivity contribution in [2.24, 2.45) is 0 Å². The first kappa shape index (κ1) is 16.1. The average Bonchev–Trinajstić information content (AvgIpc) is 2.58. The molecule has 2 atom stereocenters. The van der Waals surface area contributed by atoms with E-state index in [1.807, 2.05) is 18.2 Å².